The summed E-state index contributed by atoms with van der Waals surface area (Å²) < 4.78 is 71.0. The molecule has 0 saturated heterocycles. The van der Waals surface area contributed by atoms with Crippen LogP contribution in [-0.2, 0) is 21.3 Å². The van der Waals surface area contributed by atoms with E-state index in [-0.39, 0.29) is 11.0 Å². The molecule has 0 N–H and O–H groups in total. The zero-order valence-electron chi connectivity index (χ0n) is 10.5. The van der Waals surface area contributed by atoms with Crippen LogP contribution in [0.3, 0.4) is 0 Å². The highest BCUT2D eigenvalue weighted by atomic mass is 79.9. The third-order valence-electron chi connectivity index (χ3n) is 2.39. The normalized spacial score (nSPS) is 11.6. The number of alkyl halides is 6. The predicted molar refractivity (Wildman–Crippen MR) is 64.2 cm³/mol. The minimum absolute atomic E-state index is 0.118. The molecule has 0 bridgehead atoms. The van der Waals surface area contributed by atoms with Crippen molar-refractivity contribution in [2.45, 2.75) is 24.5 Å². The molecule has 0 spiro atoms. The first-order valence-corrected chi connectivity index (χ1v) is 6.49. The van der Waals surface area contributed by atoms with Gasteiger partial charge in [-0.2, -0.15) is 0 Å². The first-order chi connectivity index (χ1) is 9.69. The van der Waals surface area contributed by atoms with Gasteiger partial charge in [0.05, 0.1) is 25.4 Å². The van der Waals surface area contributed by atoms with Crippen LogP contribution < -0.4 is 4.74 Å². The molecule has 0 aliphatic rings. The van der Waals surface area contributed by atoms with Gasteiger partial charge in [0.15, 0.2) is 5.75 Å². The Bertz CT molecular complexity index is 521. The summed E-state index contributed by atoms with van der Waals surface area (Å²) in [6, 6.07) is 0. The minimum atomic E-state index is -5.10. The number of carbonyl (C=O) groups is 1. The van der Waals surface area contributed by atoms with Gasteiger partial charge in [0.25, 0.3) is 6.43 Å². The quantitative estimate of drug-likeness (QED) is 0.447. The Morgan fingerprint density at radius 3 is 2.48 bits per heavy atom. The van der Waals surface area contributed by atoms with Gasteiger partial charge in [-0.1, -0.05) is 15.9 Å². The van der Waals surface area contributed by atoms with Gasteiger partial charge >= 0.3 is 12.3 Å². The molecule has 0 fully saturated rings. The zero-order valence-corrected chi connectivity index (χ0v) is 12.1. The number of hydrogen-bond acceptors (Lipinski definition) is 4. The first kappa shape index (κ1) is 17.6. The number of ether oxygens (including phenoxy) is 2. The fraction of sp³-hybridized carbons (Fsp3) is 0.455. The standard InChI is InChI=1S/C11H9BrF5NO3/c1-20-8(19)2-5-7(21-11(15,16)17)4-18-6(3-12)9(5)10(13)14/h4,10H,2-3H2,1H3. The molecule has 0 amide bonds. The van der Waals surface area contributed by atoms with E-state index in [1.165, 1.54) is 0 Å². The third-order valence-corrected chi connectivity index (χ3v) is 2.92. The smallest absolute Gasteiger partial charge is 0.469 e. The molecule has 1 aromatic heterocycles. The molecular formula is C11H9BrF5NO3. The second-order valence-electron chi connectivity index (χ2n) is 3.70. The SMILES string of the molecule is COC(=O)Cc1c(OC(F)(F)F)cnc(CBr)c1C(F)F. The molecule has 21 heavy (non-hydrogen) atoms. The van der Waals surface area contributed by atoms with Crippen LogP contribution in [0, 0.1) is 0 Å². The Kier molecular flexibility index (Phi) is 5.87. The van der Waals surface area contributed by atoms with Crippen molar-refractivity contribution in [3.05, 3.63) is 23.0 Å². The van der Waals surface area contributed by atoms with Crippen LogP contribution in [-0.4, -0.2) is 24.4 Å². The molecule has 0 saturated carbocycles. The van der Waals surface area contributed by atoms with Crippen molar-refractivity contribution in [3.63, 3.8) is 0 Å². The van der Waals surface area contributed by atoms with Crippen molar-refractivity contribution in [1.82, 2.24) is 4.98 Å². The largest absolute Gasteiger partial charge is 0.573 e. The predicted octanol–water partition coefficient (Wildman–Crippen LogP) is 3.53. The van der Waals surface area contributed by atoms with Crippen molar-refractivity contribution in [2.24, 2.45) is 0 Å². The van der Waals surface area contributed by atoms with Crippen LogP contribution in [0.2, 0.25) is 0 Å². The number of halogens is 6. The Morgan fingerprint density at radius 2 is 2.05 bits per heavy atom. The molecule has 0 aliphatic heterocycles. The van der Waals surface area contributed by atoms with E-state index in [2.05, 4.69) is 30.4 Å². The number of esters is 1. The Labute approximate surface area is 124 Å². The number of methoxy groups -OCH3 is 1. The second-order valence-corrected chi connectivity index (χ2v) is 4.26. The average molecular weight is 378 g/mol. The molecule has 0 aromatic carbocycles. The third kappa shape index (κ3) is 4.80. The van der Waals surface area contributed by atoms with Gasteiger partial charge in [0, 0.05) is 16.5 Å². The van der Waals surface area contributed by atoms with Gasteiger partial charge < -0.3 is 9.47 Å². The van der Waals surface area contributed by atoms with E-state index in [4.69, 9.17) is 0 Å². The lowest BCUT2D eigenvalue weighted by molar-refractivity contribution is -0.275. The molecular weight excluding hydrogens is 369 g/mol. The maximum Gasteiger partial charge on any atom is 0.573 e. The van der Waals surface area contributed by atoms with Crippen LogP contribution in [0.1, 0.15) is 23.2 Å². The van der Waals surface area contributed by atoms with Crippen LogP contribution in [0.5, 0.6) is 5.75 Å². The summed E-state index contributed by atoms with van der Waals surface area (Å²) in [6.07, 6.45) is -8.36. The van der Waals surface area contributed by atoms with E-state index >= 15 is 0 Å². The van der Waals surface area contributed by atoms with Gasteiger partial charge in [0.1, 0.15) is 0 Å². The summed E-state index contributed by atoms with van der Waals surface area (Å²) >= 11 is 2.91. The molecule has 4 nitrogen and oxygen atoms in total. The minimum Gasteiger partial charge on any atom is -0.469 e. The zero-order chi connectivity index (χ0) is 16.2. The summed E-state index contributed by atoms with van der Waals surface area (Å²) in [5.74, 6) is -1.93. The highest BCUT2D eigenvalue weighted by Crippen LogP contribution is 2.35. The van der Waals surface area contributed by atoms with E-state index in [0.29, 0.717) is 6.20 Å². The highest BCUT2D eigenvalue weighted by molar-refractivity contribution is 9.08. The van der Waals surface area contributed by atoms with Crippen molar-refractivity contribution >= 4 is 21.9 Å². The van der Waals surface area contributed by atoms with E-state index < -0.39 is 42.1 Å². The molecule has 0 radical (unpaired) electrons. The molecule has 1 rings (SSSR count). The number of aromatic nitrogens is 1. The fourth-order valence-electron chi connectivity index (χ4n) is 1.57. The highest BCUT2D eigenvalue weighted by Gasteiger charge is 2.34. The molecule has 1 aromatic rings. The van der Waals surface area contributed by atoms with E-state index in [9.17, 15) is 26.7 Å². The van der Waals surface area contributed by atoms with E-state index in [1.54, 1.807) is 0 Å². The molecule has 0 aliphatic carbocycles. The van der Waals surface area contributed by atoms with E-state index in [1.807, 2.05) is 0 Å². The Morgan fingerprint density at radius 1 is 1.43 bits per heavy atom. The second kappa shape index (κ2) is 7.01. The number of pyridine rings is 1. The van der Waals surface area contributed by atoms with Crippen LogP contribution >= 0.6 is 15.9 Å². The average Bonchev–Trinajstić information content (AvgIpc) is 2.38. The van der Waals surface area contributed by atoms with Gasteiger partial charge in [-0.3, -0.25) is 9.78 Å². The van der Waals surface area contributed by atoms with Gasteiger partial charge in [-0.15, -0.1) is 13.2 Å². The summed E-state index contributed by atoms with van der Waals surface area (Å²) in [4.78, 5) is 14.7. The van der Waals surface area contributed by atoms with Crippen molar-refractivity contribution < 1.29 is 36.2 Å². The summed E-state index contributed by atoms with van der Waals surface area (Å²) in [5.41, 5.74) is -1.56. The van der Waals surface area contributed by atoms with Crippen molar-refractivity contribution in [2.75, 3.05) is 7.11 Å². The summed E-state index contributed by atoms with van der Waals surface area (Å²) in [5, 5.41) is -0.118. The number of rotatable bonds is 5. The van der Waals surface area contributed by atoms with E-state index in [0.717, 1.165) is 7.11 Å². The lowest BCUT2D eigenvalue weighted by Gasteiger charge is -2.17. The molecule has 1 heterocycles. The maximum atomic E-state index is 13.1. The van der Waals surface area contributed by atoms with Crippen LogP contribution in [0.15, 0.2) is 6.20 Å². The lowest BCUT2D eigenvalue weighted by atomic mass is 10.0. The maximum absolute atomic E-state index is 13.1. The van der Waals surface area contributed by atoms with Gasteiger partial charge in [-0.25, -0.2) is 8.78 Å². The van der Waals surface area contributed by atoms with Crippen molar-refractivity contribution in [1.29, 1.82) is 0 Å². The summed E-state index contributed by atoms with van der Waals surface area (Å²) in [6.45, 7) is 0. The topological polar surface area (TPSA) is 48.4 Å². The van der Waals surface area contributed by atoms with Crippen LogP contribution in [0.4, 0.5) is 22.0 Å². The molecule has 10 heteroatoms. The number of hydrogen-bond donors (Lipinski definition) is 0. The Hall–Kier alpha value is -1.45. The van der Waals surface area contributed by atoms with Gasteiger partial charge in [0.2, 0.25) is 0 Å². The Balaban J connectivity index is 3.42. The van der Waals surface area contributed by atoms with Crippen LogP contribution in [0.25, 0.3) is 0 Å². The van der Waals surface area contributed by atoms with Crippen molar-refractivity contribution in [3.8, 4) is 5.75 Å². The van der Waals surface area contributed by atoms with Gasteiger partial charge in [-0.05, 0) is 0 Å². The molecule has 0 atom stereocenters. The number of carbonyl (C=O) groups excluding carboxylic acids is 1. The fourth-order valence-corrected chi connectivity index (χ4v) is 2.01. The molecule has 118 valence electrons. The monoisotopic (exact) mass is 377 g/mol. The lowest BCUT2D eigenvalue weighted by Crippen LogP contribution is -2.20. The summed E-state index contributed by atoms with van der Waals surface area (Å²) in [7, 11) is 0.987. The number of nitrogens with zero attached hydrogens (tertiary/aromatic N) is 1. The first-order valence-electron chi connectivity index (χ1n) is 5.37. The molecule has 0 unspecified atom stereocenters.